The molecule has 0 unspecified atom stereocenters. The number of benzene rings is 3. The second-order valence-corrected chi connectivity index (χ2v) is 8.40. The van der Waals surface area contributed by atoms with Gasteiger partial charge in [-0.1, -0.05) is 54.6 Å². The SMILES string of the molecule is COc1ccc(S(=O)(=O)NCc2ccc(COCc3ccccc3)cc2)cc1OC. The van der Waals surface area contributed by atoms with Gasteiger partial charge in [0.1, 0.15) is 0 Å². The molecule has 0 aliphatic carbocycles. The summed E-state index contributed by atoms with van der Waals surface area (Å²) in [5, 5.41) is 0. The average molecular weight is 428 g/mol. The van der Waals surface area contributed by atoms with E-state index in [0.717, 1.165) is 16.7 Å². The number of hydrogen-bond donors (Lipinski definition) is 1. The van der Waals surface area contributed by atoms with Gasteiger partial charge >= 0.3 is 0 Å². The number of ether oxygens (including phenoxy) is 3. The standard InChI is InChI=1S/C23H25NO5S/c1-27-22-13-12-21(14-23(22)28-2)30(25,26)24-15-18-8-10-20(11-9-18)17-29-16-19-6-4-3-5-7-19/h3-14,24H,15-17H2,1-2H3. The molecule has 0 heterocycles. The zero-order chi connectivity index (χ0) is 21.4. The summed E-state index contributed by atoms with van der Waals surface area (Å²) in [6, 6.07) is 22.1. The van der Waals surface area contributed by atoms with Crippen LogP contribution in [0.3, 0.4) is 0 Å². The van der Waals surface area contributed by atoms with Gasteiger partial charge < -0.3 is 14.2 Å². The summed E-state index contributed by atoms with van der Waals surface area (Å²) in [6.07, 6.45) is 0. The summed E-state index contributed by atoms with van der Waals surface area (Å²) in [7, 11) is -0.716. The van der Waals surface area contributed by atoms with E-state index >= 15 is 0 Å². The molecule has 0 saturated carbocycles. The molecule has 0 aromatic heterocycles. The third-order valence-electron chi connectivity index (χ3n) is 4.53. The molecule has 0 saturated heterocycles. The minimum Gasteiger partial charge on any atom is -0.493 e. The van der Waals surface area contributed by atoms with Crippen LogP contribution in [0.2, 0.25) is 0 Å². The molecule has 158 valence electrons. The summed E-state index contributed by atoms with van der Waals surface area (Å²) < 4.78 is 43.8. The van der Waals surface area contributed by atoms with Crippen molar-refractivity contribution in [2.24, 2.45) is 0 Å². The van der Waals surface area contributed by atoms with Gasteiger partial charge in [-0.25, -0.2) is 13.1 Å². The molecule has 3 aromatic rings. The summed E-state index contributed by atoms with van der Waals surface area (Å²) in [4.78, 5) is 0.117. The highest BCUT2D eigenvalue weighted by molar-refractivity contribution is 7.89. The Kier molecular flexibility index (Phi) is 7.46. The van der Waals surface area contributed by atoms with Crippen LogP contribution in [-0.2, 0) is 34.5 Å². The number of nitrogens with one attached hydrogen (secondary N) is 1. The maximum Gasteiger partial charge on any atom is 0.241 e. The molecule has 30 heavy (non-hydrogen) atoms. The normalized spacial score (nSPS) is 11.3. The van der Waals surface area contributed by atoms with E-state index in [1.54, 1.807) is 6.07 Å². The van der Waals surface area contributed by atoms with Crippen molar-refractivity contribution in [3.8, 4) is 11.5 Å². The average Bonchev–Trinajstić information content (AvgIpc) is 2.79. The van der Waals surface area contributed by atoms with Crippen LogP contribution in [0.15, 0.2) is 77.7 Å². The van der Waals surface area contributed by atoms with E-state index < -0.39 is 10.0 Å². The van der Waals surface area contributed by atoms with E-state index in [0.29, 0.717) is 24.7 Å². The smallest absolute Gasteiger partial charge is 0.241 e. The van der Waals surface area contributed by atoms with Crippen molar-refractivity contribution in [1.29, 1.82) is 0 Å². The van der Waals surface area contributed by atoms with Crippen molar-refractivity contribution in [2.45, 2.75) is 24.7 Å². The van der Waals surface area contributed by atoms with Gasteiger partial charge in [-0.05, 0) is 28.8 Å². The molecular weight excluding hydrogens is 402 g/mol. The lowest BCUT2D eigenvalue weighted by molar-refractivity contribution is 0.107. The Hall–Kier alpha value is -2.87. The predicted molar refractivity (Wildman–Crippen MR) is 115 cm³/mol. The Balaban J connectivity index is 1.55. The van der Waals surface area contributed by atoms with Crippen molar-refractivity contribution >= 4 is 10.0 Å². The van der Waals surface area contributed by atoms with Crippen molar-refractivity contribution in [3.63, 3.8) is 0 Å². The lowest BCUT2D eigenvalue weighted by Gasteiger charge is -2.11. The van der Waals surface area contributed by atoms with Crippen LogP contribution >= 0.6 is 0 Å². The molecule has 0 fully saturated rings. The molecule has 6 nitrogen and oxygen atoms in total. The monoisotopic (exact) mass is 427 g/mol. The molecule has 0 aliphatic rings. The molecule has 0 aliphatic heterocycles. The van der Waals surface area contributed by atoms with Crippen LogP contribution in [0.1, 0.15) is 16.7 Å². The molecular formula is C23H25NO5S. The van der Waals surface area contributed by atoms with Crippen molar-refractivity contribution < 1.29 is 22.6 Å². The first-order chi connectivity index (χ1) is 14.5. The van der Waals surface area contributed by atoms with Crippen molar-refractivity contribution in [2.75, 3.05) is 14.2 Å². The summed E-state index contributed by atoms with van der Waals surface area (Å²) >= 11 is 0. The highest BCUT2D eigenvalue weighted by Crippen LogP contribution is 2.29. The fourth-order valence-corrected chi connectivity index (χ4v) is 3.89. The minimum absolute atomic E-state index is 0.117. The van der Waals surface area contributed by atoms with Gasteiger partial charge in [-0.2, -0.15) is 0 Å². The van der Waals surface area contributed by atoms with Crippen LogP contribution in [0.25, 0.3) is 0 Å². The van der Waals surface area contributed by atoms with Gasteiger partial charge in [-0.3, -0.25) is 0 Å². The molecule has 0 atom stereocenters. The van der Waals surface area contributed by atoms with Crippen LogP contribution < -0.4 is 14.2 Å². The fourth-order valence-electron chi connectivity index (χ4n) is 2.86. The van der Waals surface area contributed by atoms with Crippen LogP contribution in [0.5, 0.6) is 11.5 Å². The molecule has 1 N–H and O–H groups in total. The van der Waals surface area contributed by atoms with Gasteiger partial charge in [0, 0.05) is 12.6 Å². The van der Waals surface area contributed by atoms with Crippen LogP contribution in [0.4, 0.5) is 0 Å². The zero-order valence-corrected chi connectivity index (χ0v) is 17.8. The summed E-state index contributed by atoms with van der Waals surface area (Å²) in [6.45, 7) is 1.22. The molecule has 3 rings (SSSR count). The molecule has 0 amide bonds. The van der Waals surface area contributed by atoms with Gasteiger partial charge in [-0.15, -0.1) is 0 Å². The second kappa shape index (κ2) is 10.2. The first kappa shape index (κ1) is 21.8. The van der Waals surface area contributed by atoms with Crippen LogP contribution in [-0.4, -0.2) is 22.6 Å². The van der Waals surface area contributed by atoms with Gasteiger partial charge in [0.05, 0.1) is 32.3 Å². The molecule has 0 spiro atoms. The van der Waals surface area contributed by atoms with E-state index in [1.165, 1.54) is 26.4 Å². The van der Waals surface area contributed by atoms with E-state index in [-0.39, 0.29) is 11.4 Å². The number of sulfonamides is 1. The molecule has 0 bridgehead atoms. The number of rotatable bonds is 10. The Morgan fingerprint density at radius 1 is 0.733 bits per heavy atom. The predicted octanol–water partition coefficient (Wildman–Crippen LogP) is 3.90. The second-order valence-electron chi connectivity index (χ2n) is 6.64. The fraction of sp³-hybridized carbons (Fsp3) is 0.217. The van der Waals surface area contributed by atoms with Crippen LogP contribution in [0, 0.1) is 0 Å². The third kappa shape index (κ3) is 5.82. The Bertz CT molecular complexity index is 1050. The quantitative estimate of drug-likeness (QED) is 0.531. The minimum atomic E-state index is -3.68. The van der Waals surface area contributed by atoms with Gasteiger partial charge in [0.25, 0.3) is 0 Å². The first-order valence-corrected chi connectivity index (χ1v) is 10.9. The highest BCUT2D eigenvalue weighted by Gasteiger charge is 2.16. The van der Waals surface area contributed by atoms with E-state index in [2.05, 4.69) is 4.72 Å². The van der Waals surface area contributed by atoms with E-state index in [4.69, 9.17) is 14.2 Å². The Labute approximate surface area is 177 Å². The van der Waals surface area contributed by atoms with Crippen molar-refractivity contribution in [1.82, 2.24) is 4.72 Å². The van der Waals surface area contributed by atoms with Crippen molar-refractivity contribution in [3.05, 3.63) is 89.5 Å². The maximum atomic E-state index is 12.6. The lowest BCUT2D eigenvalue weighted by Crippen LogP contribution is -2.23. The summed E-state index contributed by atoms with van der Waals surface area (Å²) in [5.74, 6) is 0.835. The number of hydrogen-bond acceptors (Lipinski definition) is 5. The van der Waals surface area contributed by atoms with E-state index in [9.17, 15) is 8.42 Å². The van der Waals surface area contributed by atoms with Gasteiger partial charge in [0.15, 0.2) is 11.5 Å². The molecule has 7 heteroatoms. The molecule has 3 aromatic carbocycles. The molecule has 0 radical (unpaired) electrons. The topological polar surface area (TPSA) is 73.9 Å². The number of methoxy groups -OCH3 is 2. The summed E-state index contributed by atoms with van der Waals surface area (Å²) in [5.41, 5.74) is 3.00. The van der Waals surface area contributed by atoms with E-state index in [1.807, 2.05) is 54.6 Å². The first-order valence-electron chi connectivity index (χ1n) is 9.43. The largest absolute Gasteiger partial charge is 0.493 e. The lowest BCUT2D eigenvalue weighted by atomic mass is 10.1. The highest BCUT2D eigenvalue weighted by atomic mass is 32.2. The zero-order valence-electron chi connectivity index (χ0n) is 17.0. The van der Waals surface area contributed by atoms with Gasteiger partial charge in [0.2, 0.25) is 10.0 Å². The Morgan fingerprint density at radius 3 is 1.97 bits per heavy atom. The maximum absolute atomic E-state index is 12.6. The Morgan fingerprint density at radius 2 is 1.33 bits per heavy atom. The third-order valence-corrected chi connectivity index (χ3v) is 5.93.